The van der Waals surface area contributed by atoms with Gasteiger partial charge in [0.2, 0.25) is 12.3 Å². The van der Waals surface area contributed by atoms with Gasteiger partial charge in [-0.3, -0.25) is 18.9 Å². The van der Waals surface area contributed by atoms with Gasteiger partial charge in [-0.15, -0.1) is 11.3 Å². The molecule has 8 nitrogen and oxygen atoms in total. The van der Waals surface area contributed by atoms with Gasteiger partial charge in [0.15, 0.2) is 0 Å². The molecular weight excluding hydrogens is 380 g/mol. The highest BCUT2D eigenvalue weighted by atomic mass is 32.1. The molecule has 3 N–H and O–H groups in total. The number of primary amides is 1. The van der Waals surface area contributed by atoms with Gasteiger partial charge in [0.25, 0.3) is 0 Å². The summed E-state index contributed by atoms with van der Waals surface area (Å²) in [4.78, 5) is 30.2. The molecule has 0 spiro atoms. The van der Waals surface area contributed by atoms with Crippen LogP contribution in [0, 0.1) is 13.8 Å². The highest BCUT2D eigenvalue weighted by molar-refractivity contribution is 7.11. The van der Waals surface area contributed by atoms with Crippen LogP contribution >= 0.6 is 11.3 Å². The van der Waals surface area contributed by atoms with E-state index in [9.17, 15) is 14.7 Å². The average Bonchev–Trinajstić information content (AvgIpc) is 3.23. The highest BCUT2D eigenvalue weighted by Crippen LogP contribution is 2.31. The van der Waals surface area contributed by atoms with Crippen molar-refractivity contribution in [2.75, 3.05) is 11.5 Å². The van der Waals surface area contributed by atoms with Crippen LogP contribution in [0.3, 0.4) is 0 Å². The third kappa shape index (κ3) is 3.46. The van der Waals surface area contributed by atoms with E-state index in [1.165, 1.54) is 6.92 Å². The fraction of sp³-hybridized carbons (Fsp3) is 0.316. The van der Waals surface area contributed by atoms with Crippen molar-refractivity contribution in [1.29, 1.82) is 0 Å². The molecule has 0 saturated heterocycles. The molecular formula is C19H22N4O4S. The molecule has 1 unspecified atom stereocenters. The Morgan fingerprint density at radius 1 is 1.46 bits per heavy atom. The maximum Gasteiger partial charge on any atom is 0.245 e. The second kappa shape index (κ2) is 7.61. The van der Waals surface area contributed by atoms with Gasteiger partial charge < -0.3 is 15.6 Å². The Morgan fingerprint density at radius 3 is 2.79 bits per heavy atom. The van der Waals surface area contributed by atoms with Crippen LogP contribution in [-0.4, -0.2) is 39.0 Å². The van der Waals surface area contributed by atoms with Crippen molar-refractivity contribution >= 4 is 35.0 Å². The van der Waals surface area contributed by atoms with Crippen LogP contribution in [-0.2, 0) is 16.2 Å². The van der Waals surface area contributed by atoms with Gasteiger partial charge in [0.1, 0.15) is 23.7 Å². The number of fused-ring (bicyclic) bond motifs is 1. The molecule has 3 aromatic rings. The molecule has 0 bridgehead atoms. The summed E-state index contributed by atoms with van der Waals surface area (Å²) in [6.45, 7) is 4.95. The fourth-order valence-corrected chi connectivity index (χ4v) is 3.67. The Morgan fingerprint density at radius 2 is 2.21 bits per heavy atom. The summed E-state index contributed by atoms with van der Waals surface area (Å²) in [6, 6.07) is 5.56. The summed E-state index contributed by atoms with van der Waals surface area (Å²) in [5, 5.41) is 10.7. The van der Waals surface area contributed by atoms with Crippen LogP contribution in [0.4, 0.5) is 5.82 Å². The predicted molar refractivity (Wildman–Crippen MR) is 107 cm³/mol. The molecule has 0 aliphatic carbocycles. The Kier molecular flexibility index (Phi) is 5.39. The average molecular weight is 402 g/mol. The normalized spacial score (nSPS) is 13.3. The second-order valence-electron chi connectivity index (χ2n) is 6.72. The summed E-state index contributed by atoms with van der Waals surface area (Å²) in [5.74, 6) is 0.231. The standard InChI is InChI=1S/C19H22N4O4S/c1-12-6-14-4-5-15(27-9-16-7-21-13(2)28-16)8-22(14)17(12)23(11-25)19(3,10-24)18(20)26/h4-8,11,24H,9-10H2,1-3H3,(H2,20,26). The number of aliphatic hydroxyl groups is 1. The van der Waals surface area contributed by atoms with Crippen LogP contribution in [0.15, 0.2) is 30.6 Å². The number of nitrogens with zero attached hydrogens (tertiary/aromatic N) is 3. The molecule has 2 amide bonds. The van der Waals surface area contributed by atoms with Crippen LogP contribution in [0.25, 0.3) is 5.52 Å². The number of aliphatic hydroxyl groups excluding tert-OH is 1. The minimum Gasteiger partial charge on any atom is -0.486 e. The van der Waals surface area contributed by atoms with Crippen molar-refractivity contribution in [3.8, 4) is 5.75 Å². The van der Waals surface area contributed by atoms with Crippen molar-refractivity contribution in [3.05, 3.63) is 46.0 Å². The zero-order valence-electron chi connectivity index (χ0n) is 15.9. The number of aromatic nitrogens is 2. The molecule has 1 atom stereocenters. The molecule has 148 valence electrons. The van der Waals surface area contributed by atoms with Crippen molar-refractivity contribution in [3.63, 3.8) is 0 Å². The van der Waals surface area contributed by atoms with E-state index in [0.29, 0.717) is 24.6 Å². The smallest absolute Gasteiger partial charge is 0.245 e. The molecule has 0 aliphatic rings. The first-order valence-electron chi connectivity index (χ1n) is 8.61. The fourth-order valence-electron chi connectivity index (χ4n) is 2.96. The van der Waals surface area contributed by atoms with Crippen LogP contribution in [0.2, 0.25) is 0 Å². The number of carbonyl (C=O) groups is 2. The molecule has 28 heavy (non-hydrogen) atoms. The first kappa shape index (κ1) is 19.8. The summed E-state index contributed by atoms with van der Waals surface area (Å²) in [5.41, 5.74) is 5.46. The number of hydrogen-bond donors (Lipinski definition) is 2. The number of rotatable bonds is 8. The largest absolute Gasteiger partial charge is 0.486 e. The molecule has 3 heterocycles. The molecule has 0 aliphatic heterocycles. The van der Waals surface area contributed by atoms with E-state index in [0.717, 1.165) is 25.9 Å². The van der Waals surface area contributed by atoms with E-state index in [-0.39, 0.29) is 0 Å². The molecule has 0 aromatic carbocycles. The quantitative estimate of drug-likeness (QED) is 0.558. The number of nitrogens with two attached hydrogens (primary N) is 1. The zero-order valence-corrected chi connectivity index (χ0v) is 16.7. The maximum absolute atomic E-state index is 11.9. The molecule has 0 saturated carbocycles. The number of ether oxygens (including phenoxy) is 1. The van der Waals surface area contributed by atoms with Crippen LogP contribution in [0.5, 0.6) is 5.75 Å². The van der Waals surface area contributed by atoms with Gasteiger partial charge in [0.05, 0.1) is 22.7 Å². The predicted octanol–water partition coefficient (Wildman–Crippen LogP) is 1.79. The van der Waals surface area contributed by atoms with Crippen molar-refractivity contribution in [2.24, 2.45) is 5.73 Å². The highest BCUT2D eigenvalue weighted by Gasteiger charge is 2.39. The molecule has 3 rings (SSSR count). The number of carbonyl (C=O) groups excluding carboxylic acids is 2. The molecule has 3 aromatic heterocycles. The number of thiazole rings is 1. The molecule has 0 radical (unpaired) electrons. The molecule has 9 heteroatoms. The van der Waals surface area contributed by atoms with Gasteiger partial charge in [-0.2, -0.15) is 0 Å². The lowest BCUT2D eigenvalue weighted by Gasteiger charge is -2.34. The number of amides is 2. The van der Waals surface area contributed by atoms with E-state index in [1.807, 2.05) is 32.0 Å². The Balaban J connectivity index is 2.01. The van der Waals surface area contributed by atoms with E-state index >= 15 is 0 Å². The number of anilines is 1. The topological polar surface area (TPSA) is 110 Å². The van der Waals surface area contributed by atoms with Gasteiger partial charge >= 0.3 is 0 Å². The number of hydrogen-bond acceptors (Lipinski definition) is 6. The van der Waals surface area contributed by atoms with Gasteiger partial charge in [-0.25, -0.2) is 4.98 Å². The third-order valence-corrected chi connectivity index (χ3v) is 5.54. The zero-order chi connectivity index (χ0) is 20.5. The Bertz CT molecular complexity index is 1030. The summed E-state index contributed by atoms with van der Waals surface area (Å²) >= 11 is 1.56. The Hall–Kier alpha value is -2.91. The van der Waals surface area contributed by atoms with E-state index < -0.39 is 18.1 Å². The first-order chi connectivity index (χ1) is 13.3. The summed E-state index contributed by atoms with van der Waals surface area (Å²) < 4.78 is 7.60. The van der Waals surface area contributed by atoms with E-state index in [1.54, 1.807) is 28.1 Å². The van der Waals surface area contributed by atoms with Gasteiger partial charge in [-0.1, -0.05) is 0 Å². The lowest BCUT2D eigenvalue weighted by molar-refractivity contribution is -0.126. The van der Waals surface area contributed by atoms with E-state index in [4.69, 9.17) is 10.5 Å². The molecule has 0 fully saturated rings. The maximum atomic E-state index is 11.9. The number of aryl methyl sites for hydroxylation is 2. The lowest BCUT2D eigenvalue weighted by atomic mass is 10.0. The monoisotopic (exact) mass is 402 g/mol. The second-order valence-corrected chi connectivity index (χ2v) is 8.04. The van der Waals surface area contributed by atoms with Crippen molar-refractivity contribution in [1.82, 2.24) is 9.38 Å². The third-order valence-electron chi connectivity index (χ3n) is 4.65. The van der Waals surface area contributed by atoms with Crippen LogP contribution < -0.4 is 15.4 Å². The van der Waals surface area contributed by atoms with Gasteiger partial charge in [0, 0.05) is 11.7 Å². The van der Waals surface area contributed by atoms with Crippen LogP contribution in [0.1, 0.15) is 22.4 Å². The minimum atomic E-state index is -1.57. The van der Waals surface area contributed by atoms with Crippen molar-refractivity contribution < 1.29 is 19.4 Å². The van der Waals surface area contributed by atoms with Gasteiger partial charge in [-0.05, 0) is 44.5 Å². The van der Waals surface area contributed by atoms with Crippen molar-refractivity contribution in [2.45, 2.75) is 32.9 Å². The summed E-state index contributed by atoms with van der Waals surface area (Å²) in [7, 11) is 0. The first-order valence-corrected chi connectivity index (χ1v) is 9.43. The summed E-state index contributed by atoms with van der Waals surface area (Å²) in [6.07, 6.45) is 4.02. The SMILES string of the molecule is Cc1ncc(COc2ccc3cc(C)c(N(C=O)C(C)(CO)C(N)=O)n3c2)s1. The number of pyridine rings is 1. The van der Waals surface area contributed by atoms with E-state index in [2.05, 4.69) is 4.98 Å². The lowest BCUT2D eigenvalue weighted by Crippen LogP contribution is -2.58. The Labute approximate surface area is 166 Å². The minimum absolute atomic E-state index is 0.375.